The molecule has 35 heavy (non-hydrogen) atoms. The van der Waals surface area contributed by atoms with Crippen molar-refractivity contribution >= 4 is 48.6 Å². The quantitative estimate of drug-likeness (QED) is 0.334. The van der Waals surface area contributed by atoms with Gasteiger partial charge in [-0.15, -0.1) is 0 Å². The molecule has 0 radical (unpaired) electrons. The zero-order chi connectivity index (χ0) is 25.4. The highest BCUT2D eigenvalue weighted by atomic mass is 32.3. The van der Waals surface area contributed by atoms with E-state index in [0.717, 1.165) is 0 Å². The molecule has 1 aliphatic rings. The maximum absolute atomic E-state index is 13.2. The molecule has 0 aliphatic carbocycles. The second-order valence-corrected chi connectivity index (χ2v) is 11.1. The second kappa shape index (κ2) is 9.17. The standard InChI is InChI=1S/C22H20N2O9S2/c1-32-15-8-9-18-19(12-15)33-22(27)13-24(18)35(30,31)23-34(28,29)20-10-6-14(7-11-21(25)26)16-4-2-3-5-17(16)20/h2-6,8-10,12,23H,7,11,13H2,1H3,(H,25,26). The summed E-state index contributed by atoms with van der Waals surface area (Å²) >= 11 is 0. The summed E-state index contributed by atoms with van der Waals surface area (Å²) in [5.74, 6) is -1.69. The molecule has 1 aliphatic heterocycles. The van der Waals surface area contributed by atoms with Crippen LogP contribution >= 0.6 is 0 Å². The SMILES string of the molecule is COc1ccc2c(c1)OC(=O)CN2S(=O)(=O)NS(=O)(=O)c1ccc(CCC(=O)O)c2ccccc12. The molecule has 0 saturated heterocycles. The number of ether oxygens (including phenoxy) is 2. The first-order chi connectivity index (χ1) is 16.5. The summed E-state index contributed by atoms with van der Waals surface area (Å²) in [6, 6.07) is 13.1. The zero-order valence-electron chi connectivity index (χ0n) is 18.3. The summed E-state index contributed by atoms with van der Waals surface area (Å²) in [5.41, 5.74) is 0.563. The van der Waals surface area contributed by atoms with Crippen molar-refractivity contribution in [3.63, 3.8) is 0 Å². The number of aryl methyl sites for hydroxylation is 1. The van der Waals surface area contributed by atoms with Crippen LogP contribution in [0.15, 0.2) is 59.5 Å². The topological polar surface area (TPSA) is 156 Å². The van der Waals surface area contributed by atoms with E-state index in [1.165, 1.54) is 43.5 Å². The first kappa shape index (κ1) is 24.4. The Bertz CT molecular complexity index is 1550. The number of nitrogens with zero attached hydrogens (tertiary/aromatic N) is 1. The van der Waals surface area contributed by atoms with Gasteiger partial charge in [-0.3, -0.25) is 4.79 Å². The number of hydrogen-bond donors (Lipinski definition) is 2. The van der Waals surface area contributed by atoms with Crippen molar-refractivity contribution in [3.8, 4) is 11.5 Å². The predicted octanol–water partition coefficient (Wildman–Crippen LogP) is 1.81. The lowest BCUT2D eigenvalue weighted by Crippen LogP contribution is -2.48. The lowest BCUT2D eigenvalue weighted by Gasteiger charge is -2.29. The van der Waals surface area contributed by atoms with Crippen molar-refractivity contribution < 1.29 is 41.0 Å². The van der Waals surface area contributed by atoms with Crippen LogP contribution in [0.2, 0.25) is 0 Å². The molecular weight excluding hydrogens is 500 g/mol. The van der Waals surface area contributed by atoms with Gasteiger partial charge in [0.2, 0.25) is 0 Å². The van der Waals surface area contributed by atoms with Gasteiger partial charge in [0.05, 0.1) is 17.7 Å². The number of hydrogen-bond acceptors (Lipinski definition) is 8. The van der Waals surface area contributed by atoms with Gasteiger partial charge in [0.1, 0.15) is 12.3 Å². The number of rotatable bonds is 8. The average Bonchev–Trinajstić information content (AvgIpc) is 2.80. The highest BCUT2D eigenvalue weighted by molar-refractivity contribution is 8.05. The fourth-order valence-corrected chi connectivity index (χ4v) is 6.97. The van der Waals surface area contributed by atoms with Crippen LogP contribution in [-0.4, -0.2) is 47.5 Å². The number of aliphatic carboxylic acids is 1. The molecule has 0 spiro atoms. The van der Waals surface area contributed by atoms with E-state index in [2.05, 4.69) is 0 Å². The normalized spacial score (nSPS) is 13.9. The van der Waals surface area contributed by atoms with Crippen LogP contribution in [0.5, 0.6) is 11.5 Å². The molecule has 13 heteroatoms. The third-order valence-corrected chi connectivity index (χ3v) is 8.87. The Hall–Kier alpha value is -3.68. The lowest BCUT2D eigenvalue weighted by molar-refractivity contribution is -0.137. The number of carbonyl (C=O) groups is 2. The maximum Gasteiger partial charge on any atom is 0.332 e. The summed E-state index contributed by atoms with van der Waals surface area (Å²) in [6.07, 6.45) is 0.00993. The Morgan fingerprint density at radius 3 is 2.49 bits per heavy atom. The van der Waals surface area contributed by atoms with E-state index in [9.17, 15) is 26.4 Å². The molecule has 0 amide bonds. The average molecular weight is 521 g/mol. The number of carbonyl (C=O) groups excluding carboxylic acids is 1. The first-order valence-corrected chi connectivity index (χ1v) is 13.1. The van der Waals surface area contributed by atoms with E-state index in [1.807, 2.05) is 0 Å². The summed E-state index contributed by atoms with van der Waals surface area (Å²) < 4.78 is 65.2. The Labute approximate surface area is 201 Å². The zero-order valence-corrected chi connectivity index (χ0v) is 19.9. The number of benzene rings is 3. The van der Waals surface area contributed by atoms with Crippen molar-refractivity contribution in [2.75, 3.05) is 18.0 Å². The lowest BCUT2D eigenvalue weighted by atomic mass is 10.0. The van der Waals surface area contributed by atoms with Crippen LogP contribution in [0.25, 0.3) is 10.8 Å². The smallest absolute Gasteiger partial charge is 0.332 e. The molecule has 1 heterocycles. The molecule has 0 saturated carbocycles. The minimum absolute atomic E-state index is 0.0398. The molecule has 0 unspecified atom stereocenters. The van der Waals surface area contributed by atoms with Crippen LogP contribution in [0.1, 0.15) is 12.0 Å². The first-order valence-electron chi connectivity index (χ1n) is 10.2. The summed E-state index contributed by atoms with van der Waals surface area (Å²) in [5, 5.41) is 9.69. The van der Waals surface area contributed by atoms with Crippen molar-refractivity contribution in [2.24, 2.45) is 0 Å². The molecule has 11 nitrogen and oxygen atoms in total. The highest BCUT2D eigenvalue weighted by Crippen LogP contribution is 2.37. The molecule has 3 aromatic rings. The number of carboxylic acid groups (broad SMARTS) is 1. The predicted molar refractivity (Wildman–Crippen MR) is 125 cm³/mol. The molecule has 2 N–H and O–H groups in total. The van der Waals surface area contributed by atoms with Crippen molar-refractivity contribution in [2.45, 2.75) is 17.7 Å². The van der Waals surface area contributed by atoms with Crippen molar-refractivity contribution in [1.29, 1.82) is 0 Å². The highest BCUT2D eigenvalue weighted by Gasteiger charge is 2.36. The largest absolute Gasteiger partial charge is 0.497 e. The number of fused-ring (bicyclic) bond motifs is 2. The third kappa shape index (κ3) is 4.92. The molecule has 0 atom stereocenters. The summed E-state index contributed by atoms with van der Waals surface area (Å²) in [6.45, 7) is -0.737. The number of nitrogens with one attached hydrogen (secondary N) is 1. The Kier molecular flexibility index (Phi) is 6.40. The fourth-order valence-electron chi connectivity index (χ4n) is 3.74. The van der Waals surface area contributed by atoms with Gasteiger partial charge in [-0.1, -0.05) is 34.5 Å². The van der Waals surface area contributed by atoms with Crippen molar-refractivity contribution in [3.05, 3.63) is 60.2 Å². The van der Waals surface area contributed by atoms with E-state index in [4.69, 9.17) is 14.6 Å². The minimum Gasteiger partial charge on any atom is -0.497 e. The number of sulfonamides is 1. The number of anilines is 1. The molecule has 3 aromatic carbocycles. The van der Waals surface area contributed by atoms with Crippen LogP contribution in [0.4, 0.5) is 5.69 Å². The third-order valence-electron chi connectivity index (χ3n) is 5.31. The van der Waals surface area contributed by atoms with Crippen LogP contribution in [0, 0.1) is 0 Å². The van der Waals surface area contributed by atoms with Gasteiger partial charge in [-0.05, 0) is 35.6 Å². The molecule has 184 valence electrons. The Morgan fingerprint density at radius 1 is 1.09 bits per heavy atom. The Morgan fingerprint density at radius 2 is 1.80 bits per heavy atom. The van der Waals surface area contributed by atoms with Gasteiger partial charge in [0.15, 0.2) is 5.75 Å². The molecular formula is C22H20N2O9S2. The van der Waals surface area contributed by atoms with Crippen LogP contribution < -0.4 is 17.9 Å². The monoisotopic (exact) mass is 520 g/mol. The van der Waals surface area contributed by atoms with E-state index >= 15 is 0 Å². The summed E-state index contributed by atoms with van der Waals surface area (Å²) in [4.78, 5) is 22.7. The molecule has 0 bridgehead atoms. The molecule has 4 rings (SSSR count). The van der Waals surface area contributed by atoms with Crippen LogP contribution in [-0.2, 0) is 36.2 Å². The van der Waals surface area contributed by atoms with Gasteiger partial charge >= 0.3 is 22.1 Å². The maximum atomic E-state index is 13.2. The Balaban J connectivity index is 1.73. The number of methoxy groups -OCH3 is 1. The second-order valence-electron chi connectivity index (χ2n) is 7.57. The van der Waals surface area contributed by atoms with Gasteiger partial charge < -0.3 is 14.6 Å². The van der Waals surface area contributed by atoms with Gasteiger partial charge in [0.25, 0.3) is 10.0 Å². The summed E-state index contributed by atoms with van der Waals surface area (Å²) in [7, 11) is -8.05. The van der Waals surface area contributed by atoms with E-state index in [-0.39, 0.29) is 34.6 Å². The number of carboxylic acids is 1. The van der Waals surface area contributed by atoms with Gasteiger partial charge in [-0.2, -0.15) is 8.42 Å². The van der Waals surface area contributed by atoms with Gasteiger partial charge in [0, 0.05) is 17.9 Å². The van der Waals surface area contributed by atoms with E-state index in [1.54, 1.807) is 22.3 Å². The number of esters is 1. The molecule has 0 fully saturated rings. The van der Waals surface area contributed by atoms with Crippen molar-refractivity contribution in [1.82, 2.24) is 4.13 Å². The minimum atomic E-state index is -4.78. The van der Waals surface area contributed by atoms with E-state index < -0.39 is 38.7 Å². The molecule has 0 aromatic heterocycles. The van der Waals surface area contributed by atoms with Crippen LogP contribution in [0.3, 0.4) is 0 Å². The fraction of sp³-hybridized carbons (Fsp3) is 0.182. The van der Waals surface area contributed by atoms with Gasteiger partial charge in [-0.25, -0.2) is 17.5 Å². The van der Waals surface area contributed by atoms with E-state index in [0.29, 0.717) is 21.0 Å².